The topological polar surface area (TPSA) is 77.0 Å². The van der Waals surface area contributed by atoms with Crippen LogP contribution in [0.3, 0.4) is 0 Å². The summed E-state index contributed by atoms with van der Waals surface area (Å²) in [7, 11) is 1.75. The van der Waals surface area contributed by atoms with Crippen LogP contribution in [0.5, 0.6) is 0 Å². The first-order valence-corrected chi connectivity index (χ1v) is 11.1. The van der Waals surface area contributed by atoms with Gasteiger partial charge in [-0.15, -0.1) is 24.0 Å². The molecule has 3 rings (SSSR count). The first-order valence-electron chi connectivity index (χ1n) is 11.1. The molecule has 172 valence electrons. The molecule has 2 heterocycles. The van der Waals surface area contributed by atoms with Crippen LogP contribution in [0.25, 0.3) is 0 Å². The number of rotatable bonds is 5. The fourth-order valence-electron chi connectivity index (χ4n) is 4.06. The van der Waals surface area contributed by atoms with Crippen LogP contribution >= 0.6 is 24.0 Å². The third kappa shape index (κ3) is 7.08. The zero-order valence-corrected chi connectivity index (χ0v) is 21.2. The number of carbonyl (C=O) groups is 2. The lowest BCUT2D eigenvalue weighted by atomic mass is 10.1. The molecule has 0 spiro atoms. The molecule has 0 aliphatic carbocycles. The molecule has 0 saturated carbocycles. The van der Waals surface area contributed by atoms with Gasteiger partial charge in [-0.25, -0.2) is 0 Å². The second kappa shape index (κ2) is 12.3. The summed E-state index contributed by atoms with van der Waals surface area (Å²) in [6.07, 6.45) is 4.34. The van der Waals surface area contributed by atoms with Crippen LogP contribution in [0.15, 0.2) is 29.3 Å². The van der Waals surface area contributed by atoms with Crippen molar-refractivity contribution in [2.24, 2.45) is 10.9 Å². The van der Waals surface area contributed by atoms with Crippen LogP contribution in [-0.4, -0.2) is 66.8 Å². The first kappa shape index (κ1) is 25.4. The van der Waals surface area contributed by atoms with Gasteiger partial charge in [0, 0.05) is 57.3 Å². The quantitative estimate of drug-likeness (QED) is 0.342. The number of benzene rings is 1. The van der Waals surface area contributed by atoms with Crippen molar-refractivity contribution in [2.75, 3.05) is 33.2 Å². The number of carbonyl (C=O) groups excluding carboxylic acids is 2. The van der Waals surface area contributed by atoms with Crippen molar-refractivity contribution in [1.29, 1.82) is 0 Å². The number of amides is 2. The Hall–Kier alpha value is -1.84. The van der Waals surface area contributed by atoms with E-state index in [-0.39, 0.29) is 47.8 Å². The van der Waals surface area contributed by atoms with Crippen molar-refractivity contribution in [1.82, 2.24) is 20.4 Å². The van der Waals surface area contributed by atoms with E-state index in [9.17, 15) is 9.59 Å². The van der Waals surface area contributed by atoms with Gasteiger partial charge in [-0.05, 0) is 43.4 Å². The molecule has 1 aromatic carbocycles. The molecular formula is C23H36IN5O2. The maximum Gasteiger partial charge on any atom is 0.253 e. The number of guanidine groups is 1. The Morgan fingerprint density at radius 1 is 1.06 bits per heavy atom. The van der Waals surface area contributed by atoms with Crippen molar-refractivity contribution in [3.63, 3.8) is 0 Å². The highest BCUT2D eigenvalue weighted by Crippen LogP contribution is 2.15. The summed E-state index contributed by atoms with van der Waals surface area (Å²) in [5, 5.41) is 6.75. The van der Waals surface area contributed by atoms with Crippen LogP contribution in [0.1, 0.15) is 55.5 Å². The van der Waals surface area contributed by atoms with Crippen LogP contribution < -0.4 is 10.6 Å². The summed E-state index contributed by atoms with van der Waals surface area (Å²) in [5.74, 6) is 1.10. The lowest BCUT2D eigenvalue weighted by molar-refractivity contribution is -0.133. The Morgan fingerprint density at radius 3 is 2.35 bits per heavy atom. The Kier molecular flexibility index (Phi) is 10.1. The average molecular weight is 541 g/mol. The normalized spacial score (nSPS) is 19.2. The van der Waals surface area contributed by atoms with E-state index in [1.54, 1.807) is 7.05 Å². The van der Waals surface area contributed by atoms with Gasteiger partial charge in [0.1, 0.15) is 0 Å². The third-order valence-electron chi connectivity index (χ3n) is 5.86. The molecule has 2 amide bonds. The maximum atomic E-state index is 12.6. The third-order valence-corrected chi connectivity index (χ3v) is 5.86. The monoisotopic (exact) mass is 541 g/mol. The van der Waals surface area contributed by atoms with Gasteiger partial charge in [-0.1, -0.05) is 26.0 Å². The Balaban J connectivity index is 0.00000341. The van der Waals surface area contributed by atoms with Crippen molar-refractivity contribution in [3.8, 4) is 0 Å². The minimum absolute atomic E-state index is 0. The lowest BCUT2D eigenvalue weighted by Crippen LogP contribution is -2.45. The van der Waals surface area contributed by atoms with E-state index >= 15 is 0 Å². The molecule has 2 aliphatic rings. The van der Waals surface area contributed by atoms with Gasteiger partial charge in [0.2, 0.25) is 5.91 Å². The number of likely N-dealkylation sites (tertiary alicyclic amines) is 2. The largest absolute Gasteiger partial charge is 0.352 e. The molecule has 1 aromatic rings. The molecule has 2 N–H and O–H groups in total. The standard InChI is InChI=1S/C23H35N5O2.HI/c1-17(2)21(29)28-14-11-20(16-28)26-23(24-3)25-15-18-7-9-19(10-8-18)22(30)27-12-5-4-6-13-27;/h7-10,17,20H,4-6,11-16H2,1-3H3,(H2,24,25,26);1H. The number of halogens is 1. The molecule has 2 fully saturated rings. The Bertz CT molecular complexity index is 760. The van der Waals surface area contributed by atoms with Gasteiger partial charge in [-0.3, -0.25) is 14.6 Å². The first-order chi connectivity index (χ1) is 14.5. The predicted molar refractivity (Wildman–Crippen MR) is 135 cm³/mol. The van der Waals surface area contributed by atoms with Crippen LogP contribution in [-0.2, 0) is 11.3 Å². The highest BCUT2D eigenvalue weighted by atomic mass is 127. The van der Waals surface area contributed by atoms with Crippen molar-refractivity contribution >= 4 is 41.8 Å². The average Bonchev–Trinajstić information content (AvgIpc) is 3.25. The summed E-state index contributed by atoms with van der Waals surface area (Å²) in [4.78, 5) is 32.9. The smallest absolute Gasteiger partial charge is 0.253 e. The lowest BCUT2D eigenvalue weighted by Gasteiger charge is -2.26. The summed E-state index contributed by atoms with van der Waals surface area (Å²) >= 11 is 0. The van der Waals surface area contributed by atoms with Crippen molar-refractivity contribution in [2.45, 2.75) is 52.1 Å². The molecule has 1 atom stereocenters. The molecule has 2 saturated heterocycles. The zero-order chi connectivity index (χ0) is 21.5. The van der Waals surface area contributed by atoms with Crippen molar-refractivity contribution in [3.05, 3.63) is 35.4 Å². The van der Waals surface area contributed by atoms with E-state index in [1.807, 2.05) is 47.9 Å². The molecule has 0 aromatic heterocycles. The minimum atomic E-state index is 0. The van der Waals surface area contributed by atoms with E-state index in [2.05, 4.69) is 15.6 Å². The number of hydrogen-bond acceptors (Lipinski definition) is 3. The van der Waals surface area contributed by atoms with Crippen LogP contribution in [0.4, 0.5) is 0 Å². The second-order valence-corrected chi connectivity index (χ2v) is 8.54. The predicted octanol–water partition coefficient (Wildman–Crippen LogP) is 2.85. The van der Waals surface area contributed by atoms with Crippen LogP contribution in [0, 0.1) is 5.92 Å². The SMILES string of the molecule is CN=C(NCc1ccc(C(=O)N2CCCCC2)cc1)NC1CCN(C(=O)C(C)C)C1.I. The molecule has 0 bridgehead atoms. The fraction of sp³-hybridized carbons (Fsp3) is 0.609. The Morgan fingerprint density at radius 2 is 1.74 bits per heavy atom. The zero-order valence-electron chi connectivity index (χ0n) is 18.9. The summed E-state index contributed by atoms with van der Waals surface area (Å²) in [6.45, 7) is 7.74. The van der Waals surface area contributed by atoms with E-state index in [0.29, 0.717) is 13.1 Å². The van der Waals surface area contributed by atoms with E-state index in [0.717, 1.165) is 56.0 Å². The van der Waals surface area contributed by atoms with Gasteiger partial charge >= 0.3 is 0 Å². The van der Waals surface area contributed by atoms with Crippen molar-refractivity contribution < 1.29 is 9.59 Å². The van der Waals surface area contributed by atoms with E-state index in [1.165, 1.54) is 6.42 Å². The van der Waals surface area contributed by atoms with Crippen LogP contribution in [0.2, 0.25) is 0 Å². The molecule has 7 nitrogen and oxygen atoms in total. The summed E-state index contributed by atoms with van der Waals surface area (Å²) in [5.41, 5.74) is 1.85. The molecule has 31 heavy (non-hydrogen) atoms. The van der Waals surface area contributed by atoms with Gasteiger partial charge in [-0.2, -0.15) is 0 Å². The number of aliphatic imine (C=N–C) groups is 1. The molecule has 8 heteroatoms. The number of nitrogens with zero attached hydrogens (tertiary/aromatic N) is 3. The highest BCUT2D eigenvalue weighted by Gasteiger charge is 2.28. The van der Waals surface area contributed by atoms with E-state index < -0.39 is 0 Å². The highest BCUT2D eigenvalue weighted by molar-refractivity contribution is 14.0. The minimum Gasteiger partial charge on any atom is -0.352 e. The van der Waals surface area contributed by atoms with E-state index in [4.69, 9.17) is 0 Å². The molecule has 1 unspecified atom stereocenters. The summed E-state index contributed by atoms with van der Waals surface area (Å²) < 4.78 is 0. The van der Waals surface area contributed by atoms with Gasteiger partial charge in [0.05, 0.1) is 0 Å². The molecule has 0 radical (unpaired) electrons. The Labute approximate surface area is 203 Å². The van der Waals surface area contributed by atoms with Gasteiger partial charge in [0.25, 0.3) is 5.91 Å². The van der Waals surface area contributed by atoms with Gasteiger partial charge < -0.3 is 20.4 Å². The molecule has 2 aliphatic heterocycles. The molecular weight excluding hydrogens is 505 g/mol. The number of nitrogens with one attached hydrogen (secondary N) is 2. The maximum absolute atomic E-state index is 12.6. The number of piperidine rings is 1. The summed E-state index contributed by atoms with van der Waals surface area (Å²) in [6, 6.07) is 8.03. The number of hydrogen-bond donors (Lipinski definition) is 2. The second-order valence-electron chi connectivity index (χ2n) is 8.54. The fourth-order valence-corrected chi connectivity index (χ4v) is 4.06. The van der Waals surface area contributed by atoms with Gasteiger partial charge in [0.15, 0.2) is 5.96 Å².